The lowest BCUT2D eigenvalue weighted by Crippen LogP contribution is -2.52. The minimum absolute atomic E-state index is 0.0922. The van der Waals surface area contributed by atoms with E-state index in [1.807, 2.05) is 84.9 Å². The van der Waals surface area contributed by atoms with Crippen LogP contribution in [0.15, 0.2) is 84.9 Å². The summed E-state index contributed by atoms with van der Waals surface area (Å²) < 4.78 is 5.42. The predicted octanol–water partition coefficient (Wildman–Crippen LogP) is 3.97. The van der Waals surface area contributed by atoms with Gasteiger partial charge in [-0.3, -0.25) is 14.5 Å². The topological polar surface area (TPSA) is 61.9 Å². The summed E-state index contributed by atoms with van der Waals surface area (Å²) in [5.74, 6) is -0.238. The van der Waals surface area contributed by atoms with E-state index in [1.54, 1.807) is 4.90 Å². The molecule has 7 heteroatoms. The largest absolute Gasteiger partial charge is 0.379 e. The van der Waals surface area contributed by atoms with Crippen molar-refractivity contribution in [2.24, 2.45) is 0 Å². The number of morpholine rings is 1. The zero-order valence-corrected chi connectivity index (χ0v) is 21.8. The first-order chi connectivity index (χ1) is 18.1. The van der Waals surface area contributed by atoms with Crippen molar-refractivity contribution in [1.82, 2.24) is 15.1 Å². The Balaban J connectivity index is 1.56. The van der Waals surface area contributed by atoms with Crippen molar-refractivity contribution in [1.29, 1.82) is 0 Å². The van der Waals surface area contributed by atoms with E-state index in [2.05, 4.69) is 10.2 Å². The first-order valence-electron chi connectivity index (χ1n) is 12.8. The molecule has 194 valence electrons. The van der Waals surface area contributed by atoms with Gasteiger partial charge in [0, 0.05) is 44.2 Å². The first-order valence-corrected chi connectivity index (χ1v) is 13.2. The van der Waals surface area contributed by atoms with E-state index >= 15 is 0 Å². The minimum atomic E-state index is -0.654. The average Bonchev–Trinajstić information content (AvgIpc) is 2.93. The number of carbonyl (C=O) groups is 2. The highest BCUT2D eigenvalue weighted by Gasteiger charge is 2.30. The highest BCUT2D eigenvalue weighted by Crippen LogP contribution is 2.18. The van der Waals surface area contributed by atoms with Crippen LogP contribution in [0, 0.1) is 0 Å². The van der Waals surface area contributed by atoms with Gasteiger partial charge in [0.05, 0.1) is 19.6 Å². The molecule has 1 fully saturated rings. The predicted molar refractivity (Wildman–Crippen MR) is 146 cm³/mol. The fraction of sp³-hybridized carbons (Fsp3) is 0.333. The smallest absolute Gasteiger partial charge is 0.243 e. The lowest BCUT2D eigenvalue weighted by atomic mass is 10.0. The molecule has 1 saturated heterocycles. The van der Waals surface area contributed by atoms with Crippen molar-refractivity contribution in [2.75, 3.05) is 39.4 Å². The summed E-state index contributed by atoms with van der Waals surface area (Å²) in [6.07, 6.45) is 0.652. The maximum absolute atomic E-state index is 13.7. The van der Waals surface area contributed by atoms with Crippen LogP contribution >= 0.6 is 11.6 Å². The molecule has 1 atom stereocenters. The van der Waals surface area contributed by atoms with E-state index in [0.717, 1.165) is 36.3 Å². The van der Waals surface area contributed by atoms with Gasteiger partial charge in [0.2, 0.25) is 11.8 Å². The molecule has 0 aliphatic carbocycles. The molecule has 3 aromatic carbocycles. The fourth-order valence-electron chi connectivity index (χ4n) is 4.49. The highest BCUT2D eigenvalue weighted by atomic mass is 35.5. The van der Waals surface area contributed by atoms with Gasteiger partial charge >= 0.3 is 0 Å². The van der Waals surface area contributed by atoms with Crippen LogP contribution in [-0.4, -0.2) is 67.0 Å². The quantitative estimate of drug-likeness (QED) is 0.416. The number of nitrogens with zero attached hydrogens (tertiary/aromatic N) is 2. The maximum atomic E-state index is 13.7. The molecule has 1 unspecified atom stereocenters. The van der Waals surface area contributed by atoms with Crippen LogP contribution in [-0.2, 0) is 33.7 Å². The molecule has 0 bridgehead atoms. The summed E-state index contributed by atoms with van der Waals surface area (Å²) in [6, 6.07) is 26.3. The zero-order valence-electron chi connectivity index (χ0n) is 21.0. The molecule has 3 aromatic rings. The Morgan fingerprint density at radius 1 is 0.865 bits per heavy atom. The molecule has 37 heavy (non-hydrogen) atoms. The van der Waals surface area contributed by atoms with Gasteiger partial charge in [0.15, 0.2) is 0 Å². The molecular formula is C30H34ClN3O3. The Bertz CT molecular complexity index is 1120. The first kappa shape index (κ1) is 26.9. The molecule has 0 spiro atoms. The highest BCUT2D eigenvalue weighted by molar-refractivity contribution is 6.30. The van der Waals surface area contributed by atoms with E-state index in [-0.39, 0.29) is 18.2 Å². The van der Waals surface area contributed by atoms with Gasteiger partial charge < -0.3 is 15.0 Å². The van der Waals surface area contributed by atoms with Crippen LogP contribution in [0.4, 0.5) is 0 Å². The van der Waals surface area contributed by atoms with Gasteiger partial charge in [0.25, 0.3) is 0 Å². The molecule has 6 nitrogen and oxygen atoms in total. The third-order valence-electron chi connectivity index (χ3n) is 6.57. The molecule has 2 amide bonds. The van der Waals surface area contributed by atoms with Crippen LogP contribution in [0.3, 0.4) is 0 Å². The van der Waals surface area contributed by atoms with Crippen LogP contribution in [0.2, 0.25) is 5.02 Å². The van der Waals surface area contributed by atoms with Crippen LogP contribution < -0.4 is 5.32 Å². The molecule has 1 aliphatic rings. The summed E-state index contributed by atoms with van der Waals surface area (Å²) in [5.41, 5.74) is 2.84. The number of hydrogen-bond donors (Lipinski definition) is 1. The number of amides is 2. The van der Waals surface area contributed by atoms with E-state index < -0.39 is 6.04 Å². The summed E-state index contributed by atoms with van der Waals surface area (Å²) in [7, 11) is 0. The third-order valence-corrected chi connectivity index (χ3v) is 6.82. The number of benzene rings is 3. The Hall–Kier alpha value is -3.19. The Labute approximate surface area is 224 Å². The number of hydrogen-bond acceptors (Lipinski definition) is 4. The molecule has 4 rings (SSSR count). The second kappa shape index (κ2) is 13.9. The van der Waals surface area contributed by atoms with Crippen LogP contribution in [0.25, 0.3) is 0 Å². The second-order valence-corrected chi connectivity index (χ2v) is 9.70. The molecule has 0 radical (unpaired) electrons. The fourth-order valence-corrected chi connectivity index (χ4v) is 4.62. The standard InChI is InChI=1S/C30H34ClN3O3/c31-27-13-11-26(12-14-27)23-34(29(35)22-25-9-5-2-6-10-25)28(21-24-7-3-1-4-8-24)30(36)32-15-16-33-17-19-37-20-18-33/h1-14,28H,15-23H2,(H,32,36). The molecule has 1 heterocycles. The molecular weight excluding hydrogens is 486 g/mol. The van der Waals surface area contributed by atoms with Gasteiger partial charge in [-0.25, -0.2) is 0 Å². The van der Waals surface area contributed by atoms with E-state index in [1.165, 1.54) is 0 Å². The number of ether oxygens (including phenoxy) is 1. The van der Waals surface area contributed by atoms with Crippen molar-refractivity contribution < 1.29 is 14.3 Å². The van der Waals surface area contributed by atoms with Gasteiger partial charge in [-0.15, -0.1) is 0 Å². The van der Waals surface area contributed by atoms with Gasteiger partial charge in [0.1, 0.15) is 6.04 Å². The van der Waals surface area contributed by atoms with Crippen molar-refractivity contribution in [3.8, 4) is 0 Å². The Morgan fingerprint density at radius 3 is 2.14 bits per heavy atom. The van der Waals surface area contributed by atoms with Gasteiger partial charge in [-0.05, 0) is 28.8 Å². The number of nitrogens with one attached hydrogen (secondary N) is 1. The van der Waals surface area contributed by atoms with Crippen LogP contribution in [0.5, 0.6) is 0 Å². The van der Waals surface area contributed by atoms with Crippen molar-refractivity contribution in [2.45, 2.75) is 25.4 Å². The Kier molecular flexibility index (Phi) is 10.1. The molecule has 1 aliphatic heterocycles. The van der Waals surface area contributed by atoms with E-state index in [4.69, 9.17) is 16.3 Å². The summed E-state index contributed by atoms with van der Waals surface area (Å²) >= 11 is 6.10. The molecule has 1 N–H and O–H groups in total. The van der Waals surface area contributed by atoms with Gasteiger partial charge in [-0.1, -0.05) is 84.4 Å². The lowest BCUT2D eigenvalue weighted by Gasteiger charge is -2.32. The minimum Gasteiger partial charge on any atom is -0.379 e. The molecule has 0 saturated carbocycles. The van der Waals surface area contributed by atoms with E-state index in [0.29, 0.717) is 37.7 Å². The normalized spacial score (nSPS) is 14.6. The van der Waals surface area contributed by atoms with Crippen molar-refractivity contribution in [3.63, 3.8) is 0 Å². The maximum Gasteiger partial charge on any atom is 0.243 e. The lowest BCUT2D eigenvalue weighted by molar-refractivity contribution is -0.140. The number of rotatable bonds is 11. The summed E-state index contributed by atoms with van der Waals surface area (Å²) in [6.45, 7) is 4.75. The zero-order chi connectivity index (χ0) is 25.9. The third kappa shape index (κ3) is 8.42. The van der Waals surface area contributed by atoms with Gasteiger partial charge in [-0.2, -0.15) is 0 Å². The number of halogens is 1. The second-order valence-electron chi connectivity index (χ2n) is 9.26. The Morgan fingerprint density at radius 2 is 1.49 bits per heavy atom. The SMILES string of the molecule is O=C(NCCN1CCOCC1)C(Cc1ccccc1)N(Cc1ccc(Cl)cc1)C(=O)Cc1ccccc1. The number of carbonyl (C=O) groups excluding carboxylic acids is 2. The van der Waals surface area contributed by atoms with Crippen molar-refractivity contribution in [3.05, 3.63) is 107 Å². The summed E-state index contributed by atoms with van der Waals surface area (Å²) in [5, 5.41) is 3.74. The average molecular weight is 520 g/mol. The monoisotopic (exact) mass is 519 g/mol. The van der Waals surface area contributed by atoms with Crippen LogP contribution in [0.1, 0.15) is 16.7 Å². The summed E-state index contributed by atoms with van der Waals surface area (Å²) in [4.78, 5) is 31.4. The molecule has 0 aromatic heterocycles. The van der Waals surface area contributed by atoms with E-state index in [9.17, 15) is 9.59 Å². The van der Waals surface area contributed by atoms with Crippen molar-refractivity contribution >= 4 is 23.4 Å².